The number of hydrogen-bond acceptors (Lipinski definition) is 2. The summed E-state index contributed by atoms with van der Waals surface area (Å²) in [6.07, 6.45) is 3.45. The first-order valence-corrected chi connectivity index (χ1v) is 9.11. The first-order valence-electron chi connectivity index (χ1n) is 9.11. The van der Waals surface area contributed by atoms with E-state index < -0.39 is 11.3 Å². The van der Waals surface area contributed by atoms with Crippen molar-refractivity contribution < 1.29 is 9.18 Å². The maximum absolute atomic E-state index is 14.2. The molecule has 2 aromatic carbocycles. The summed E-state index contributed by atoms with van der Waals surface area (Å²) in [5, 5.41) is 4.58. The van der Waals surface area contributed by atoms with E-state index in [1.807, 2.05) is 35.1 Å². The fourth-order valence-corrected chi connectivity index (χ4v) is 4.27. The van der Waals surface area contributed by atoms with Gasteiger partial charge in [0.1, 0.15) is 5.82 Å². The van der Waals surface area contributed by atoms with Crippen molar-refractivity contribution in [2.24, 2.45) is 5.73 Å². The molecular weight excluding hydrogens is 341 g/mol. The normalized spacial score (nSPS) is 18.9. The number of benzene rings is 2. The van der Waals surface area contributed by atoms with Crippen molar-refractivity contribution in [1.82, 2.24) is 9.78 Å². The Morgan fingerprint density at radius 3 is 2.70 bits per heavy atom. The van der Waals surface area contributed by atoms with Gasteiger partial charge in [-0.2, -0.15) is 5.10 Å². The van der Waals surface area contributed by atoms with Gasteiger partial charge in [0.25, 0.3) is 0 Å². The van der Waals surface area contributed by atoms with Gasteiger partial charge in [0.05, 0.1) is 17.3 Å². The SMILES string of the molecule is Cc1ccccc1-n1ncc2c1CCC(C(N)=O)(c1cccc(F)c1C)C2. The van der Waals surface area contributed by atoms with E-state index in [-0.39, 0.29) is 5.82 Å². The van der Waals surface area contributed by atoms with Crippen LogP contribution >= 0.6 is 0 Å². The number of nitrogens with two attached hydrogens (primary N) is 1. The zero-order valence-electron chi connectivity index (χ0n) is 15.5. The lowest BCUT2D eigenvalue weighted by Crippen LogP contribution is -2.46. The Balaban J connectivity index is 1.81. The molecule has 2 N–H and O–H groups in total. The summed E-state index contributed by atoms with van der Waals surface area (Å²) >= 11 is 0. The van der Waals surface area contributed by atoms with E-state index in [0.29, 0.717) is 30.4 Å². The van der Waals surface area contributed by atoms with E-state index in [1.54, 1.807) is 13.0 Å². The Hall–Kier alpha value is -2.95. The summed E-state index contributed by atoms with van der Waals surface area (Å²) in [7, 11) is 0. The number of carbonyl (C=O) groups excluding carboxylic acids is 1. The lowest BCUT2D eigenvalue weighted by Gasteiger charge is -2.36. The number of amides is 1. The molecule has 0 radical (unpaired) electrons. The second-order valence-corrected chi connectivity index (χ2v) is 7.35. The van der Waals surface area contributed by atoms with Crippen LogP contribution < -0.4 is 5.73 Å². The number of rotatable bonds is 3. The van der Waals surface area contributed by atoms with E-state index in [1.165, 1.54) is 6.07 Å². The molecule has 1 heterocycles. The van der Waals surface area contributed by atoms with Gasteiger partial charge in [0.15, 0.2) is 0 Å². The quantitative estimate of drug-likeness (QED) is 0.774. The van der Waals surface area contributed by atoms with Crippen molar-refractivity contribution in [3.63, 3.8) is 0 Å². The third-order valence-electron chi connectivity index (χ3n) is 5.83. The standard InChI is InChI=1S/C22H22FN3O/c1-14-6-3-4-9-19(14)26-20-10-11-22(21(24)27,12-16(20)13-25-26)17-7-5-8-18(23)15(17)2/h3-9,13H,10-12H2,1-2H3,(H2,24,27). The van der Waals surface area contributed by atoms with E-state index in [4.69, 9.17) is 5.73 Å². The van der Waals surface area contributed by atoms with Crippen molar-refractivity contribution in [1.29, 1.82) is 0 Å². The number of para-hydroxylation sites is 1. The topological polar surface area (TPSA) is 60.9 Å². The van der Waals surface area contributed by atoms with Gasteiger partial charge in [-0.15, -0.1) is 0 Å². The predicted molar refractivity (Wildman–Crippen MR) is 102 cm³/mol. The molecule has 27 heavy (non-hydrogen) atoms. The number of carbonyl (C=O) groups is 1. The molecule has 1 aliphatic carbocycles. The summed E-state index contributed by atoms with van der Waals surface area (Å²) in [4.78, 5) is 12.6. The van der Waals surface area contributed by atoms with Gasteiger partial charge < -0.3 is 5.73 Å². The lowest BCUT2D eigenvalue weighted by molar-refractivity contribution is -0.124. The molecule has 0 bridgehead atoms. The van der Waals surface area contributed by atoms with Gasteiger partial charge in [0, 0.05) is 5.69 Å². The average molecular weight is 363 g/mol. The molecule has 4 nitrogen and oxygen atoms in total. The Kier molecular flexibility index (Phi) is 4.10. The molecule has 0 aliphatic heterocycles. The molecule has 3 aromatic rings. The number of hydrogen-bond donors (Lipinski definition) is 1. The van der Waals surface area contributed by atoms with Crippen molar-refractivity contribution in [2.75, 3.05) is 0 Å². The van der Waals surface area contributed by atoms with Gasteiger partial charge in [-0.05, 0) is 67.5 Å². The summed E-state index contributed by atoms with van der Waals surface area (Å²) in [5.74, 6) is -0.722. The van der Waals surface area contributed by atoms with Crippen molar-refractivity contribution in [3.05, 3.63) is 82.4 Å². The molecule has 1 amide bonds. The summed E-state index contributed by atoms with van der Waals surface area (Å²) in [5.41, 5.74) is 10.4. The molecule has 1 aromatic heterocycles. The number of primary amides is 1. The molecule has 0 fully saturated rings. The summed E-state index contributed by atoms with van der Waals surface area (Å²) < 4.78 is 16.1. The molecule has 1 unspecified atom stereocenters. The van der Waals surface area contributed by atoms with E-state index in [2.05, 4.69) is 18.1 Å². The van der Waals surface area contributed by atoms with Crippen LogP contribution in [0.25, 0.3) is 5.69 Å². The maximum Gasteiger partial charge on any atom is 0.228 e. The number of aryl methyl sites for hydroxylation is 1. The van der Waals surface area contributed by atoms with Gasteiger partial charge in [-0.1, -0.05) is 30.3 Å². The van der Waals surface area contributed by atoms with Crippen molar-refractivity contribution >= 4 is 5.91 Å². The monoisotopic (exact) mass is 363 g/mol. The number of aromatic nitrogens is 2. The van der Waals surface area contributed by atoms with Crippen LogP contribution in [0.3, 0.4) is 0 Å². The minimum atomic E-state index is -0.904. The van der Waals surface area contributed by atoms with E-state index in [0.717, 1.165) is 22.5 Å². The largest absolute Gasteiger partial charge is 0.369 e. The zero-order chi connectivity index (χ0) is 19.2. The Morgan fingerprint density at radius 1 is 1.19 bits per heavy atom. The second kappa shape index (κ2) is 6.34. The van der Waals surface area contributed by atoms with Gasteiger partial charge in [-0.3, -0.25) is 4.79 Å². The van der Waals surface area contributed by atoms with Gasteiger partial charge >= 0.3 is 0 Å². The highest BCUT2D eigenvalue weighted by Crippen LogP contribution is 2.41. The number of halogens is 1. The van der Waals surface area contributed by atoms with Crippen LogP contribution in [-0.2, 0) is 23.1 Å². The van der Waals surface area contributed by atoms with Crippen LogP contribution in [0.2, 0.25) is 0 Å². The zero-order valence-corrected chi connectivity index (χ0v) is 15.5. The summed E-state index contributed by atoms with van der Waals surface area (Å²) in [6.45, 7) is 3.76. The molecule has 4 rings (SSSR count). The average Bonchev–Trinajstić information content (AvgIpc) is 3.07. The third-order valence-corrected chi connectivity index (χ3v) is 5.83. The second-order valence-electron chi connectivity index (χ2n) is 7.35. The van der Waals surface area contributed by atoms with Crippen LogP contribution in [0, 0.1) is 19.7 Å². The van der Waals surface area contributed by atoms with E-state index >= 15 is 0 Å². The Bertz CT molecular complexity index is 1040. The lowest BCUT2D eigenvalue weighted by atomic mass is 9.67. The first-order chi connectivity index (χ1) is 12.9. The molecule has 0 saturated carbocycles. The van der Waals surface area contributed by atoms with Gasteiger partial charge in [-0.25, -0.2) is 9.07 Å². The van der Waals surface area contributed by atoms with Crippen LogP contribution in [0.4, 0.5) is 4.39 Å². The minimum Gasteiger partial charge on any atom is -0.369 e. The Labute approximate surface area is 157 Å². The first kappa shape index (κ1) is 17.5. The van der Waals surface area contributed by atoms with Crippen LogP contribution in [0.15, 0.2) is 48.7 Å². The maximum atomic E-state index is 14.2. The van der Waals surface area contributed by atoms with E-state index in [9.17, 15) is 9.18 Å². The van der Waals surface area contributed by atoms with Crippen LogP contribution in [0.5, 0.6) is 0 Å². The minimum absolute atomic E-state index is 0.311. The molecule has 0 spiro atoms. The van der Waals surface area contributed by atoms with Crippen molar-refractivity contribution in [2.45, 2.75) is 38.5 Å². The third kappa shape index (κ3) is 2.65. The van der Waals surface area contributed by atoms with Crippen molar-refractivity contribution in [3.8, 4) is 5.69 Å². The molecular formula is C22H22FN3O. The molecule has 0 saturated heterocycles. The Morgan fingerprint density at radius 2 is 1.96 bits per heavy atom. The highest BCUT2D eigenvalue weighted by Gasteiger charge is 2.44. The van der Waals surface area contributed by atoms with Crippen LogP contribution in [0.1, 0.15) is 34.4 Å². The highest BCUT2D eigenvalue weighted by atomic mass is 19.1. The van der Waals surface area contributed by atoms with Crippen LogP contribution in [-0.4, -0.2) is 15.7 Å². The summed E-state index contributed by atoms with van der Waals surface area (Å²) in [6, 6.07) is 13.0. The smallest absolute Gasteiger partial charge is 0.228 e. The number of fused-ring (bicyclic) bond motifs is 1. The molecule has 138 valence electrons. The highest BCUT2D eigenvalue weighted by molar-refractivity contribution is 5.88. The number of nitrogens with zero attached hydrogens (tertiary/aromatic N) is 2. The fourth-order valence-electron chi connectivity index (χ4n) is 4.27. The molecule has 1 atom stereocenters. The van der Waals surface area contributed by atoms with Gasteiger partial charge in [0.2, 0.25) is 5.91 Å². The fraction of sp³-hybridized carbons (Fsp3) is 0.273. The molecule has 5 heteroatoms. The predicted octanol–water partition coefficient (Wildman–Crippen LogP) is 3.54. The molecule has 1 aliphatic rings.